The minimum absolute atomic E-state index is 0.00934. The summed E-state index contributed by atoms with van der Waals surface area (Å²) in [7, 11) is 0. The predicted molar refractivity (Wildman–Crippen MR) is 124 cm³/mol. The molecular formula is C24H26FN3O7. The summed E-state index contributed by atoms with van der Waals surface area (Å²) < 4.78 is 33.0. The number of benzene rings is 1. The van der Waals surface area contributed by atoms with Crippen LogP contribution in [0, 0.1) is 17.7 Å². The van der Waals surface area contributed by atoms with Gasteiger partial charge in [-0.3, -0.25) is 4.79 Å². The van der Waals surface area contributed by atoms with E-state index in [0.717, 1.165) is 6.07 Å². The van der Waals surface area contributed by atoms with Gasteiger partial charge in [-0.2, -0.15) is 0 Å². The lowest BCUT2D eigenvalue weighted by Gasteiger charge is -2.31. The van der Waals surface area contributed by atoms with E-state index in [1.807, 2.05) is 17.9 Å². The second-order valence-electron chi connectivity index (χ2n) is 9.06. The number of amides is 1. The number of halogens is 1. The van der Waals surface area contributed by atoms with E-state index in [2.05, 4.69) is 16.1 Å². The molecule has 0 radical (unpaired) electrons. The van der Waals surface area contributed by atoms with Gasteiger partial charge in [0.25, 0.3) is 0 Å². The van der Waals surface area contributed by atoms with E-state index in [9.17, 15) is 14.4 Å². The van der Waals surface area contributed by atoms with Gasteiger partial charge in [-0.05, 0) is 26.3 Å². The van der Waals surface area contributed by atoms with Crippen molar-refractivity contribution in [2.75, 3.05) is 31.2 Å². The van der Waals surface area contributed by atoms with Crippen molar-refractivity contribution < 1.29 is 33.3 Å². The molecule has 35 heavy (non-hydrogen) atoms. The van der Waals surface area contributed by atoms with Crippen LogP contribution in [0.4, 0.5) is 19.7 Å². The molecule has 1 aromatic carbocycles. The first-order valence-electron chi connectivity index (χ1n) is 11.6. The van der Waals surface area contributed by atoms with Gasteiger partial charge in [0, 0.05) is 31.0 Å². The second-order valence-corrected chi connectivity index (χ2v) is 9.06. The zero-order chi connectivity index (χ0) is 24.9. The Bertz CT molecular complexity index is 1290. The minimum Gasteiger partial charge on any atom is -0.487 e. The van der Waals surface area contributed by atoms with Gasteiger partial charge in [0.05, 0.1) is 29.7 Å². The largest absolute Gasteiger partial charge is 0.511 e. The molecular weight excluding hydrogens is 461 g/mol. The highest BCUT2D eigenvalue weighted by molar-refractivity contribution is 5.93. The third-order valence-electron chi connectivity index (χ3n) is 6.90. The molecule has 4 unspecified atom stereocenters. The fourth-order valence-corrected chi connectivity index (χ4v) is 5.38. The van der Waals surface area contributed by atoms with Gasteiger partial charge in [0.2, 0.25) is 5.43 Å². The Morgan fingerprint density at radius 1 is 1.34 bits per heavy atom. The van der Waals surface area contributed by atoms with Crippen molar-refractivity contribution in [3.8, 4) is 11.5 Å². The average Bonchev–Trinajstić information content (AvgIpc) is 3.23. The summed E-state index contributed by atoms with van der Waals surface area (Å²) >= 11 is 0. The highest BCUT2D eigenvalue weighted by Gasteiger charge is 2.41. The zero-order valence-electron chi connectivity index (χ0n) is 19.3. The summed E-state index contributed by atoms with van der Waals surface area (Å²) in [6.07, 6.45) is 4.00. The SMILES string of the molecule is CCOC(=O)NC1CC=CC2CN(c3c(F)cc4c(=O)c(OC(=O)O)cn5c4c3OCC5C)CC21. The van der Waals surface area contributed by atoms with Crippen LogP contribution in [0.15, 0.2) is 29.2 Å². The smallest absolute Gasteiger partial charge is 0.487 e. The Kier molecular flexibility index (Phi) is 5.78. The standard InChI is InChI=1S/C24H26FN3O7/c1-3-33-23(30)26-17-6-4-5-13-8-27(9-15(13)17)20-16(25)7-14-19-22(20)34-11-12(2)28(19)10-18(21(14)29)35-24(31)32/h4-5,7,10,12-13,15,17H,3,6,8-9,11H2,1-2H3,(H,26,30)(H,31,32). The molecule has 186 valence electrons. The molecule has 5 rings (SSSR count). The van der Waals surface area contributed by atoms with Gasteiger partial charge in [0.1, 0.15) is 12.3 Å². The molecule has 2 aliphatic heterocycles. The number of nitrogens with one attached hydrogen (secondary N) is 1. The number of carboxylic acid groups (broad SMARTS) is 1. The van der Waals surface area contributed by atoms with Gasteiger partial charge in [0.15, 0.2) is 17.3 Å². The lowest BCUT2D eigenvalue weighted by Crippen LogP contribution is -2.44. The van der Waals surface area contributed by atoms with Crippen molar-refractivity contribution in [3.05, 3.63) is 40.5 Å². The Balaban J connectivity index is 1.55. The molecule has 2 N–H and O–H groups in total. The Hall–Kier alpha value is -3.76. The third kappa shape index (κ3) is 3.94. The van der Waals surface area contributed by atoms with Crippen LogP contribution < -0.4 is 25.1 Å². The van der Waals surface area contributed by atoms with E-state index in [4.69, 9.17) is 14.6 Å². The summed E-state index contributed by atoms with van der Waals surface area (Å²) in [6, 6.07) is 0.737. The topological polar surface area (TPSA) is 119 Å². The van der Waals surface area contributed by atoms with E-state index >= 15 is 4.39 Å². The maximum absolute atomic E-state index is 15.6. The molecule has 3 heterocycles. The summed E-state index contributed by atoms with van der Waals surface area (Å²) in [5, 5.41) is 11.9. The van der Waals surface area contributed by atoms with E-state index in [1.54, 1.807) is 11.5 Å². The third-order valence-corrected chi connectivity index (χ3v) is 6.90. The number of hydrogen-bond acceptors (Lipinski definition) is 7. The molecule has 11 heteroatoms. The van der Waals surface area contributed by atoms with E-state index in [1.165, 1.54) is 6.20 Å². The molecule has 10 nitrogen and oxygen atoms in total. The van der Waals surface area contributed by atoms with Crippen molar-refractivity contribution in [2.45, 2.75) is 32.4 Å². The number of carbonyl (C=O) groups is 2. The highest BCUT2D eigenvalue weighted by Crippen LogP contribution is 2.45. The average molecular weight is 487 g/mol. The van der Waals surface area contributed by atoms with Crippen LogP contribution in [-0.4, -0.2) is 54.3 Å². The molecule has 3 aliphatic rings. The summed E-state index contributed by atoms with van der Waals surface area (Å²) in [6.45, 7) is 5.07. The Morgan fingerprint density at radius 2 is 2.14 bits per heavy atom. The monoisotopic (exact) mass is 487 g/mol. The number of alkyl carbamates (subject to hydrolysis) is 1. The second kappa shape index (κ2) is 8.79. The van der Waals surface area contributed by atoms with Gasteiger partial charge in [-0.15, -0.1) is 0 Å². The first kappa shape index (κ1) is 23.0. The Morgan fingerprint density at radius 3 is 2.89 bits per heavy atom. The van der Waals surface area contributed by atoms with Crippen LogP contribution in [0.2, 0.25) is 0 Å². The number of carbonyl (C=O) groups excluding carboxylic acids is 1. The molecule has 1 fully saturated rings. The first-order chi connectivity index (χ1) is 16.8. The molecule has 1 aliphatic carbocycles. The highest BCUT2D eigenvalue weighted by atomic mass is 19.1. The number of nitrogens with zero attached hydrogens (tertiary/aromatic N) is 2. The number of ether oxygens (including phenoxy) is 3. The number of fused-ring (bicyclic) bond motifs is 1. The number of rotatable bonds is 4. The van der Waals surface area contributed by atoms with Crippen LogP contribution in [0.1, 0.15) is 26.3 Å². The van der Waals surface area contributed by atoms with Crippen LogP contribution in [0.5, 0.6) is 11.5 Å². The van der Waals surface area contributed by atoms with Crippen molar-refractivity contribution >= 4 is 28.8 Å². The Labute approximate surface area is 199 Å². The lowest BCUT2D eigenvalue weighted by molar-refractivity contribution is 0.141. The molecule has 0 saturated carbocycles. The van der Waals surface area contributed by atoms with E-state index in [0.29, 0.717) is 25.0 Å². The predicted octanol–water partition coefficient (Wildman–Crippen LogP) is 3.28. The lowest BCUT2D eigenvalue weighted by atomic mass is 9.83. The minimum atomic E-state index is -1.62. The van der Waals surface area contributed by atoms with Gasteiger partial charge in [-0.1, -0.05) is 12.2 Å². The van der Waals surface area contributed by atoms with Gasteiger partial charge < -0.3 is 34.1 Å². The van der Waals surface area contributed by atoms with Crippen LogP contribution in [-0.2, 0) is 4.74 Å². The molecule has 1 saturated heterocycles. The number of anilines is 1. The summed E-state index contributed by atoms with van der Waals surface area (Å²) in [5.74, 6) is -0.649. The van der Waals surface area contributed by atoms with E-state index in [-0.39, 0.29) is 59.7 Å². The normalized spacial score (nSPS) is 24.6. The maximum atomic E-state index is 15.6. The molecule has 1 aromatic heterocycles. The molecule has 2 aromatic rings. The first-order valence-corrected chi connectivity index (χ1v) is 11.6. The quantitative estimate of drug-likeness (QED) is 0.498. The van der Waals surface area contributed by atoms with Crippen molar-refractivity contribution in [1.82, 2.24) is 9.88 Å². The number of pyridine rings is 1. The van der Waals surface area contributed by atoms with Crippen molar-refractivity contribution in [3.63, 3.8) is 0 Å². The van der Waals surface area contributed by atoms with Crippen molar-refractivity contribution in [2.24, 2.45) is 11.8 Å². The molecule has 1 amide bonds. The molecule has 0 spiro atoms. The fourth-order valence-electron chi connectivity index (χ4n) is 5.38. The molecule has 0 bridgehead atoms. The van der Waals surface area contributed by atoms with Gasteiger partial charge >= 0.3 is 12.2 Å². The van der Waals surface area contributed by atoms with Gasteiger partial charge in [-0.25, -0.2) is 14.0 Å². The fraction of sp³-hybridized carbons (Fsp3) is 0.458. The maximum Gasteiger partial charge on any atom is 0.511 e. The van der Waals surface area contributed by atoms with Crippen LogP contribution in [0.3, 0.4) is 0 Å². The zero-order valence-corrected chi connectivity index (χ0v) is 19.3. The number of aromatic nitrogens is 1. The van der Waals surface area contributed by atoms with Crippen molar-refractivity contribution in [1.29, 1.82) is 0 Å². The van der Waals surface area contributed by atoms with E-state index < -0.39 is 23.5 Å². The summed E-state index contributed by atoms with van der Waals surface area (Å²) in [4.78, 5) is 37.9. The number of hydrogen-bond donors (Lipinski definition) is 2. The summed E-state index contributed by atoms with van der Waals surface area (Å²) in [5.41, 5.74) is -0.0728. The van der Waals surface area contributed by atoms with Crippen LogP contribution >= 0.6 is 0 Å². The molecule has 4 atom stereocenters. The van der Waals surface area contributed by atoms with Crippen LogP contribution in [0.25, 0.3) is 10.9 Å².